The summed E-state index contributed by atoms with van der Waals surface area (Å²) in [5.41, 5.74) is 1.08. The van der Waals surface area contributed by atoms with Crippen molar-refractivity contribution in [1.82, 2.24) is 4.90 Å². The van der Waals surface area contributed by atoms with Gasteiger partial charge in [-0.2, -0.15) is 0 Å². The molecule has 1 unspecified atom stereocenters. The maximum absolute atomic E-state index is 12.9. The molecular weight excluding hydrogens is 358 g/mol. The molecular formula is C22H27NO3S. The predicted octanol–water partition coefficient (Wildman–Crippen LogP) is 4.39. The van der Waals surface area contributed by atoms with Crippen LogP contribution in [0.25, 0.3) is 0 Å². The second kappa shape index (κ2) is 10.4. The zero-order valence-electron chi connectivity index (χ0n) is 15.8. The van der Waals surface area contributed by atoms with Crippen LogP contribution >= 0.6 is 11.8 Å². The fourth-order valence-electron chi connectivity index (χ4n) is 3.21. The summed E-state index contributed by atoms with van der Waals surface area (Å²) in [6, 6.07) is 18.1. The summed E-state index contributed by atoms with van der Waals surface area (Å²) in [6.07, 6.45) is 2.79. The second-order valence-electron chi connectivity index (χ2n) is 6.67. The Balaban J connectivity index is 1.60. The van der Waals surface area contributed by atoms with Gasteiger partial charge in [0.2, 0.25) is 5.91 Å². The molecule has 3 rings (SSSR count). The van der Waals surface area contributed by atoms with Gasteiger partial charge < -0.3 is 14.4 Å². The van der Waals surface area contributed by atoms with Gasteiger partial charge in [-0.1, -0.05) is 30.3 Å². The summed E-state index contributed by atoms with van der Waals surface area (Å²) in [4.78, 5) is 16.0. The van der Waals surface area contributed by atoms with Crippen molar-refractivity contribution < 1.29 is 14.3 Å². The predicted molar refractivity (Wildman–Crippen MR) is 109 cm³/mol. The molecule has 1 atom stereocenters. The lowest BCUT2D eigenvalue weighted by Gasteiger charge is -2.26. The lowest BCUT2D eigenvalue weighted by atomic mass is 10.1. The third-order valence-electron chi connectivity index (χ3n) is 4.64. The van der Waals surface area contributed by atoms with E-state index in [1.807, 2.05) is 47.4 Å². The summed E-state index contributed by atoms with van der Waals surface area (Å²) >= 11 is 1.72. The Bertz CT molecular complexity index is 717. The molecule has 1 saturated heterocycles. The van der Waals surface area contributed by atoms with Crippen molar-refractivity contribution in [2.45, 2.75) is 36.8 Å². The van der Waals surface area contributed by atoms with Crippen molar-refractivity contribution >= 4 is 17.7 Å². The Morgan fingerprint density at radius 3 is 2.81 bits per heavy atom. The number of amides is 1. The first-order valence-electron chi connectivity index (χ1n) is 9.45. The van der Waals surface area contributed by atoms with Crippen LogP contribution in [0, 0.1) is 0 Å². The number of carbonyl (C=O) groups is 1. The summed E-state index contributed by atoms with van der Waals surface area (Å²) in [6.45, 7) is 2.05. The average Bonchev–Trinajstić information content (AvgIpc) is 3.21. The summed E-state index contributed by atoms with van der Waals surface area (Å²) < 4.78 is 11.1. The summed E-state index contributed by atoms with van der Waals surface area (Å²) in [7, 11) is 1.66. The molecule has 0 radical (unpaired) electrons. The molecule has 2 aromatic carbocycles. The second-order valence-corrected chi connectivity index (χ2v) is 7.84. The molecule has 0 saturated carbocycles. The highest BCUT2D eigenvalue weighted by molar-refractivity contribution is 7.99. The molecule has 0 bridgehead atoms. The van der Waals surface area contributed by atoms with Crippen molar-refractivity contribution in [2.75, 3.05) is 26.0 Å². The number of rotatable bonds is 9. The smallest absolute Gasteiger partial charge is 0.223 e. The van der Waals surface area contributed by atoms with Crippen molar-refractivity contribution in [3.63, 3.8) is 0 Å². The SMILES string of the molecule is COc1cccc(CN(CC2CCCO2)C(=O)CCSc2ccccc2)c1. The van der Waals surface area contributed by atoms with Gasteiger partial charge in [0.25, 0.3) is 0 Å². The monoisotopic (exact) mass is 385 g/mol. The van der Waals surface area contributed by atoms with Gasteiger partial charge in [0.05, 0.1) is 13.2 Å². The van der Waals surface area contributed by atoms with Gasteiger partial charge in [-0.25, -0.2) is 0 Å². The fourth-order valence-corrected chi connectivity index (χ4v) is 4.07. The van der Waals surface area contributed by atoms with Gasteiger partial charge in [-0.3, -0.25) is 4.79 Å². The highest BCUT2D eigenvalue weighted by Gasteiger charge is 2.22. The van der Waals surface area contributed by atoms with Crippen LogP contribution in [0.1, 0.15) is 24.8 Å². The number of nitrogens with zero attached hydrogens (tertiary/aromatic N) is 1. The number of hydrogen-bond donors (Lipinski definition) is 0. The summed E-state index contributed by atoms with van der Waals surface area (Å²) in [5, 5.41) is 0. The number of methoxy groups -OCH3 is 1. The quantitative estimate of drug-likeness (QED) is 0.600. The fraction of sp³-hybridized carbons (Fsp3) is 0.409. The van der Waals surface area contributed by atoms with Gasteiger partial charge in [0.15, 0.2) is 0 Å². The highest BCUT2D eigenvalue weighted by Crippen LogP contribution is 2.21. The lowest BCUT2D eigenvalue weighted by Crippen LogP contribution is -2.37. The Labute approximate surface area is 165 Å². The minimum Gasteiger partial charge on any atom is -0.497 e. The Morgan fingerprint density at radius 1 is 1.22 bits per heavy atom. The first-order chi connectivity index (χ1) is 13.2. The van der Waals surface area contributed by atoms with Gasteiger partial charge in [-0.05, 0) is 42.7 Å². The van der Waals surface area contributed by atoms with Gasteiger partial charge in [0, 0.05) is 36.8 Å². The maximum atomic E-state index is 12.9. The van der Waals surface area contributed by atoms with Crippen LogP contribution < -0.4 is 4.74 Å². The molecule has 0 aliphatic carbocycles. The highest BCUT2D eigenvalue weighted by atomic mass is 32.2. The van der Waals surface area contributed by atoms with Gasteiger partial charge in [-0.15, -0.1) is 11.8 Å². The molecule has 27 heavy (non-hydrogen) atoms. The molecule has 0 spiro atoms. The Morgan fingerprint density at radius 2 is 2.07 bits per heavy atom. The average molecular weight is 386 g/mol. The van der Waals surface area contributed by atoms with E-state index in [1.165, 1.54) is 4.90 Å². The normalized spacial score (nSPS) is 16.3. The van der Waals surface area contributed by atoms with Crippen molar-refractivity contribution in [1.29, 1.82) is 0 Å². The number of hydrogen-bond acceptors (Lipinski definition) is 4. The summed E-state index contributed by atoms with van der Waals surface area (Å²) in [5.74, 6) is 1.77. The van der Waals surface area contributed by atoms with Crippen LogP contribution in [0.5, 0.6) is 5.75 Å². The Kier molecular flexibility index (Phi) is 7.60. The van der Waals surface area contributed by atoms with Crippen LogP contribution in [0.3, 0.4) is 0 Å². The van der Waals surface area contributed by atoms with E-state index >= 15 is 0 Å². The van der Waals surface area contributed by atoms with Crippen molar-refractivity contribution in [3.8, 4) is 5.75 Å². The van der Waals surface area contributed by atoms with E-state index in [-0.39, 0.29) is 12.0 Å². The van der Waals surface area contributed by atoms with E-state index in [4.69, 9.17) is 9.47 Å². The molecule has 1 amide bonds. The van der Waals surface area contributed by atoms with Crippen molar-refractivity contribution in [3.05, 3.63) is 60.2 Å². The standard InChI is InChI=1S/C22H27NO3S/c1-25-19-8-5-7-18(15-19)16-23(17-20-9-6-13-26-20)22(24)12-14-27-21-10-3-2-4-11-21/h2-5,7-8,10-11,15,20H,6,9,12-14,16-17H2,1H3. The minimum absolute atomic E-state index is 0.154. The number of ether oxygens (including phenoxy) is 2. The van der Waals surface area contributed by atoms with Gasteiger partial charge in [0.1, 0.15) is 5.75 Å². The third-order valence-corrected chi connectivity index (χ3v) is 5.65. The third kappa shape index (κ3) is 6.29. The molecule has 0 N–H and O–H groups in total. The topological polar surface area (TPSA) is 38.8 Å². The zero-order chi connectivity index (χ0) is 18.9. The molecule has 1 aliphatic rings. The lowest BCUT2D eigenvalue weighted by molar-refractivity contribution is -0.133. The number of thioether (sulfide) groups is 1. The van der Waals surface area contributed by atoms with Crippen molar-refractivity contribution in [2.24, 2.45) is 0 Å². The van der Waals surface area contributed by atoms with E-state index < -0.39 is 0 Å². The number of benzene rings is 2. The van der Waals surface area contributed by atoms with Crippen LogP contribution in [0.4, 0.5) is 0 Å². The van der Waals surface area contributed by atoms with Crippen LogP contribution in [-0.2, 0) is 16.1 Å². The van der Waals surface area contributed by atoms with E-state index in [9.17, 15) is 4.79 Å². The number of carbonyl (C=O) groups excluding carboxylic acids is 1. The molecule has 1 fully saturated rings. The van der Waals surface area contributed by atoms with Crippen LogP contribution in [0.2, 0.25) is 0 Å². The molecule has 2 aromatic rings. The molecule has 0 aromatic heterocycles. The molecule has 144 valence electrons. The van der Waals surface area contributed by atoms with Gasteiger partial charge >= 0.3 is 0 Å². The maximum Gasteiger partial charge on any atom is 0.223 e. The first kappa shape index (κ1) is 19.8. The zero-order valence-corrected chi connectivity index (χ0v) is 16.6. The molecule has 1 heterocycles. The largest absolute Gasteiger partial charge is 0.497 e. The molecule has 4 nitrogen and oxygen atoms in total. The molecule has 1 aliphatic heterocycles. The van der Waals surface area contributed by atoms with Crippen LogP contribution in [0.15, 0.2) is 59.5 Å². The van der Waals surface area contributed by atoms with E-state index in [1.54, 1.807) is 18.9 Å². The van der Waals surface area contributed by atoms with Crippen LogP contribution in [-0.4, -0.2) is 42.9 Å². The Hall–Kier alpha value is -1.98. The molecule has 5 heteroatoms. The van der Waals surface area contributed by atoms with E-state index in [0.29, 0.717) is 19.5 Å². The first-order valence-corrected chi connectivity index (χ1v) is 10.4. The van der Waals surface area contributed by atoms with E-state index in [2.05, 4.69) is 12.1 Å². The minimum atomic E-state index is 0.154. The van der Waals surface area contributed by atoms with E-state index in [0.717, 1.165) is 36.5 Å².